The molecule has 0 fully saturated rings. The normalized spacial score (nSPS) is 15.3. The molecule has 0 unspecified atom stereocenters. The van der Waals surface area contributed by atoms with E-state index in [0.717, 1.165) is 37.6 Å². The standard InChI is InChI=1S/C14H18N4O/c1-11-14-10-17(7-8-18(14)16-15-11)9-12-3-5-13(19-2)6-4-12/h3-6H,7-10H2,1-2H3. The highest BCUT2D eigenvalue weighted by Crippen LogP contribution is 2.18. The Morgan fingerprint density at radius 3 is 2.74 bits per heavy atom. The minimum atomic E-state index is 0.903. The minimum Gasteiger partial charge on any atom is -0.497 e. The summed E-state index contributed by atoms with van der Waals surface area (Å²) in [5, 5.41) is 8.28. The van der Waals surface area contributed by atoms with Gasteiger partial charge in [-0.1, -0.05) is 17.3 Å². The molecule has 1 aliphatic rings. The third-order valence-corrected chi connectivity index (χ3v) is 3.60. The van der Waals surface area contributed by atoms with Crippen LogP contribution in [0.3, 0.4) is 0 Å². The Morgan fingerprint density at radius 1 is 1.21 bits per heavy atom. The lowest BCUT2D eigenvalue weighted by Gasteiger charge is -2.27. The van der Waals surface area contributed by atoms with Crippen molar-refractivity contribution in [1.82, 2.24) is 19.9 Å². The molecule has 0 saturated heterocycles. The van der Waals surface area contributed by atoms with Crippen molar-refractivity contribution in [1.29, 1.82) is 0 Å². The van der Waals surface area contributed by atoms with E-state index >= 15 is 0 Å². The SMILES string of the molecule is COc1ccc(CN2CCn3nnc(C)c3C2)cc1. The van der Waals surface area contributed by atoms with Crippen LogP contribution >= 0.6 is 0 Å². The van der Waals surface area contributed by atoms with Gasteiger partial charge in [-0.3, -0.25) is 4.90 Å². The first-order valence-electron chi connectivity index (χ1n) is 6.50. The van der Waals surface area contributed by atoms with E-state index in [9.17, 15) is 0 Å². The van der Waals surface area contributed by atoms with E-state index < -0.39 is 0 Å². The van der Waals surface area contributed by atoms with Crippen LogP contribution in [0.1, 0.15) is 17.0 Å². The van der Waals surface area contributed by atoms with Crippen LogP contribution in [0.15, 0.2) is 24.3 Å². The number of hydrogen-bond donors (Lipinski definition) is 0. The number of fused-ring (bicyclic) bond motifs is 1. The zero-order valence-corrected chi connectivity index (χ0v) is 11.3. The van der Waals surface area contributed by atoms with Gasteiger partial charge in [0, 0.05) is 19.6 Å². The molecule has 0 spiro atoms. The Kier molecular flexibility index (Phi) is 3.21. The van der Waals surface area contributed by atoms with Gasteiger partial charge in [0.25, 0.3) is 0 Å². The lowest BCUT2D eigenvalue weighted by Crippen LogP contribution is -2.33. The third kappa shape index (κ3) is 2.46. The molecule has 19 heavy (non-hydrogen) atoms. The highest BCUT2D eigenvalue weighted by atomic mass is 16.5. The van der Waals surface area contributed by atoms with Crippen LogP contribution in [0.25, 0.3) is 0 Å². The predicted molar refractivity (Wildman–Crippen MR) is 71.9 cm³/mol. The van der Waals surface area contributed by atoms with Gasteiger partial charge in [-0.05, 0) is 24.6 Å². The van der Waals surface area contributed by atoms with Crippen molar-refractivity contribution >= 4 is 0 Å². The molecule has 100 valence electrons. The fourth-order valence-electron chi connectivity index (χ4n) is 2.45. The zero-order chi connectivity index (χ0) is 13.2. The van der Waals surface area contributed by atoms with Crippen molar-refractivity contribution in [2.75, 3.05) is 13.7 Å². The largest absolute Gasteiger partial charge is 0.497 e. The maximum absolute atomic E-state index is 5.18. The average molecular weight is 258 g/mol. The van der Waals surface area contributed by atoms with Crippen LogP contribution in [0, 0.1) is 6.92 Å². The van der Waals surface area contributed by atoms with Crippen molar-refractivity contribution in [3.05, 3.63) is 41.2 Å². The predicted octanol–water partition coefficient (Wildman–Crippen LogP) is 1.61. The van der Waals surface area contributed by atoms with E-state index in [1.807, 2.05) is 23.7 Å². The molecule has 2 aromatic rings. The van der Waals surface area contributed by atoms with Crippen molar-refractivity contribution in [2.24, 2.45) is 0 Å². The first kappa shape index (κ1) is 12.2. The summed E-state index contributed by atoms with van der Waals surface area (Å²) in [6.07, 6.45) is 0. The fraction of sp³-hybridized carbons (Fsp3) is 0.429. The maximum atomic E-state index is 5.18. The molecular formula is C14H18N4O. The third-order valence-electron chi connectivity index (χ3n) is 3.60. The highest BCUT2D eigenvalue weighted by Gasteiger charge is 2.19. The molecule has 5 heteroatoms. The molecule has 0 atom stereocenters. The summed E-state index contributed by atoms with van der Waals surface area (Å²) in [4.78, 5) is 2.42. The first-order chi connectivity index (χ1) is 9.26. The number of aryl methyl sites for hydroxylation is 1. The molecule has 0 saturated carbocycles. The van der Waals surface area contributed by atoms with Crippen LogP contribution in [-0.2, 0) is 19.6 Å². The van der Waals surface area contributed by atoms with Gasteiger partial charge < -0.3 is 4.74 Å². The molecule has 0 aliphatic carbocycles. The molecule has 0 N–H and O–H groups in total. The summed E-state index contributed by atoms with van der Waals surface area (Å²) >= 11 is 0. The lowest BCUT2D eigenvalue weighted by molar-refractivity contribution is 0.204. The van der Waals surface area contributed by atoms with Crippen LogP contribution in [0.2, 0.25) is 0 Å². The van der Waals surface area contributed by atoms with E-state index in [1.165, 1.54) is 11.3 Å². The second-order valence-electron chi connectivity index (χ2n) is 4.90. The van der Waals surface area contributed by atoms with Gasteiger partial charge >= 0.3 is 0 Å². The molecule has 1 aromatic heterocycles. The lowest BCUT2D eigenvalue weighted by atomic mass is 10.2. The molecule has 1 aliphatic heterocycles. The van der Waals surface area contributed by atoms with E-state index in [1.54, 1.807) is 7.11 Å². The molecule has 0 bridgehead atoms. The minimum absolute atomic E-state index is 0.903. The van der Waals surface area contributed by atoms with Crippen molar-refractivity contribution in [3.63, 3.8) is 0 Å². The van der Waals surface area contributed by atoms with E-state index in [-0.39, 0.29) is 0 Å². The van der Waals surface area contributed by atoms with Gasteiger partial charge in [-0.2, -0.15) is 0 Å². The molecule has 3 rings (SSSR count). The second kappa shape index (κ2) is 5.01. The number of benzene rings is 1. The van der Waals surface area contributed by atoms with Gasteiger partial charge in [-0.25, -0.2) is 4.68 Å². The number of hydrogen-bond acceptors (Lipinski definition) is 4. The molecular weight excluding hydrogens is 240 g/mol. The number of nitrogens with zero attached hydrogens (tertiary/aromatic N) is 4. The number of aromatic nitrogens is 3. The monoisotopic (exact) mass is 258 g/mol. The van der Waals surface area contributed by atoms with Crippen LogP contribution < -0.4 is 4.74 Å². The average Bonchev–Trinajstić information content (AvgIpc) is 2.81. The summed E-state index contributed by atoms with van der Waals surface area (Å²) in [6, 6.07) is 8.26. The van der Waals surface area contributed by atoms with Gasteiger partial charge in [0.05, 0.1) is 25.0 Å². The van der Waals surface area contributed by atoms with E-state index in [4.69, 9.17) is 4.74 Å². The molecule has 5 nitrogen and oxygen atoms in total. The van der Waals surface area contributed by atoms with Gasteiger partial charge in [0.15, 0.2) is 0 Å². The van der Waals surface area contributed by atoms with Crippen molar-refractivity contribution in [2.45, 2.75) is 26.6 Å². The summed E-state index contributed by atoms with van der Waals surface area (Å²) in [5.41, 5.74) is 3.58. The Morgan fingerprint density at radius 2 is 2.00 bits per heavy atom. The topological polar surface area (TPSA) is 43.2 Å². The van der Waals surface area contributed by atoms with Gasteiger partial charge in [0.2, 0.25) is 0 Å². The number of methoxy groups -OCH3 is 1. The summed E-state index contributed by atoms with van der Waals surface area (Å²) in [5.74, 6) is 0.903. The molecule has 0 amide bonds. The Hall–Kier alpha value is -1.88. The maximum Gasteiger partial charge on any atom is 0.118 e. The molecule has 0 radical (unpaired) electrons. The van der Waals surface area contributed by atoms with Crippen LogP contribution in [-0.4, -0.2) is 33.5 Å². The fourth-order valence-corrected chi connectivity index (χ4v) is 2.45. The Labute approximate surface area is 112 Å². The summed E-state index contributed by atoms with van der Waals surface area (Å²) in [7, 11) is 1.69. The molecule has 1 aromatic carbocycles. The molecule has 2 heterocycles. The van der Waals surface area contributed by atoms with E-state index in [0.29, 0.717) is 0 Å². The van der Waals surface area contributed by atoms with E-state index in [2.05, 4.69) is 27.3 Å². The van der Waals surface area contributed by atoms with Crippen molar-refractivity contribution < 1.29 is 4.74 Å². The van der Waals surface area contributed by atoms with Crippen LogP contribution in [0.4, 0.5) is 0 Å². The summed E-state index contributed by atoms with van der Waals surface area (Å²) < 4.78 is 7.19. The van der Waals surface area contributed by atoms with Crippen molar-refractivity contribution in [3.8, 4) is 5.75 Å². The van der Waals surface area contributed by atoms with Crippen LogP contribution in [0.5, 0.6) is 5.75 Å². The quantitative estimate of drug-likeness (QED) is 0.839. The van der Waals surface area contributed by atoms with Gasteiger partial charge in [-0.15, -0.1) is 5.10 Å². The Bertz CT molecular complexity index is 561. The smallest absolute Gasteiger partial charge is 0.118 e. The zero-order valence-electron chi connectivity index (χ0n) is 11.3. The number of ether oxygens (including phenoxy) is 1. The Balaban J connectivity index is 1.69. The number of rotatable bonds is 3. The highest BCUT2D eigenvalue weighted by molar-refractivity contribution is 5.27. The second-order valence-corrected chi connectivity index (χ2v) is 4.90. The van der Waals surface area contributed by atoms with Gasteiger partial charge in [0.1, 0.15) is 5.75 Å². The first-order valence-corrected chi connectivity index (χ1v) is 6.50. The summed E-state index contributed by atoms with van der Waals surface area (Å²) in [6.45, 7) is 5.84.